The first-order valence-corrected chi connectivity index (χ1v) is 10.1. The zero-order valence-corrected chi connectivity index (χ0v) is 18.4. The van der Waals surface area contributed by atoms with Gasteiger partial charge in [-0.1, -0.05) is 59.1 Å². The molecule has 0 aliphatic carbocycles. The van der Waals surface area contributed by atoms with Gasteiger partial charge in [0.05, 0.1) is 11.0 Å². The molecule has 3 rings (SSSR count). The van der Waals surface area contributed by atoms with Crippen LogP contribution < -0.4 is 10.6 Å². The number of aromatic nitrogens is 2. The molecule has 0 unspecified atom stereocenters. The van der Waals surface area contributed by atoms with E-state index in [0.29, 0.717) is 34.1 Å². The van der Waals surface area contributed by atoms with Gasteiger partial charge in [0.15, 0.2) is 10.9 Å². The van der Waals surface area contributed by atoms with Crippen LogP contribution in [0.15, 0.2) is 53.1 Å². The van der Waals surface area contributed by atoms with Gasteiger partial charge in [0.25, 0.3) is 0 Å². The van der Waals surface area contributed by atoms with E-state index in [4.69, 9.17) is 35.4 Å². The number of benzene rings is 2. The van der Waals surface area contributed by atoms with Crippen molar-refractivity contribution >= 4 is 62.3 Å². The number of nitrogens with zero attached hydrogens (tertiary/aromatic N) is 2. The van der Waals surface area contributed by atoms with Crippen molar-refractivity contribution in [3.8, 4) is 0 Å². The average molecular weight is 484 g/mol. The van der Waals surface area contributed by atoms with Crippen LogP contribution in [0.25, 0.3) is 0 Å². The van der Waals surface area contributed by atoms with Gasteiger partial charge in [0.2, 0.25) is 0 Å². The fourth-order valence-electron chi connectivity index (χ4n) is 2.43. The van der Waals surface area contributed by atoms with Crippen LogP contribution >= 0.6 is 51.3 Å². The Bertz CT molecular complexity index is 957. The summed E-state index contributed by atoms with van der Waals surface area (Å²) in [5, 5.41) is 12.5. The third-order valence-corrected chi connectivity index (χ3v) is 5.28. The summed E-state index contributed by atoms with van der Waals surface area (Å²) >= 11 is 21.1. The molecule has 8 heteroatoms. The number of halogens is 3. The van der Waals surface area contributed by atoms with Crippen LogP contribution in [-0.2, 0) is 13.1 Å². The topological polar surface area (TPSA) is 41.9 Å². The fourth-order valence-corrected chi connectivity index (χ4v) is 3.48. The van der Waals surface area contributed by atoms with Crippen molar-refractivity contribution in [2.45, 2.75) is 20.0 Å². The SMILES string of the molecule is Cc1ccc(CNC(=S)Nc2nn(Cc3ccc(Cl)cc3Cl)cc2Br)cc1. The van der Waals surface area contributed by atoms with E-state index in [0.717, 1.165) is 15.6 Å². The minimum atomic E-state index is 0.506. The molecule has 0 amide bonds. The van der Waals surface area contributed by atoms with Gasteiger partial charge in [-0.3, -0.25) is 4.68 Å². The van der Waals surface area contributed by atoms with Gasteiger partial charge < -0.3 is 10.6 Å². The third kappa shape index (κ3) is 5.69. The van der Waals surface area contributed by atoms with E-state index < -0.39 is 0 Å². The van der Waals surface area contributed by atoms with Crippen LogP contribution in [0.5, 0.6) is 0 Å². The van der Waals surface area contributed by atoms with E-state index in [2.05, 4.69) is 62.9 Å². The number of hydrogen-bond donors (Lipinski definition) is 2. The molecule has 1 aromatic heterocycles. The highest BCUT2D eigenvalue weighted by molar-refractivity contribution is 9.10. The van der Waals surface area contributed by atoms with Crippen molar-refractivity contribution in [3.05, 3.63) is 79.9 Å². The normalized spacial score (nSPS) is 10.7. The second kappa shape index (κ2) is 9.06. The molecule has 0 spiro atoms. The maximum absolute atomic E-state index is 6.24. The average Bonchev–Trinajstić information content (AvgIpc) is 2.96. The highest BCUT2D eigenvalue weighted by Crippen LogP contribution is 2.24. The second-order valence-electron chi connectivity index (χ2n) is 6.05. The molecule has 0 atom stereocenters. The van der Waals surface area contributed by atoms with Crippen LogP contribution in [0, 0.1) is 6.92 Å². The number of thiocarbonyl (C=S) groups is 1. The second-order valence-corrected chi connectivity index (χ2v) is 8.16. The first-order chi connectivity index (χ1) is 12.9. The highest BCUT2D eigenvalue weighted by Gasteiger charge is 2.10. The van der Waals surface area contributed by atoms with E-state index in [1.165, 1.54) is 5.56 Å². The first kappa shape index (κ1) is 20.1. The lowest BCUT2D eigenvalue weighted by molar-refractivity contribution is 0.689. The molecule has 0 aliphatic rings. The van der Waals surface area contributed by atoms with Gasteiger partial charge in [-0.05, 0) is 58.3 Å². The Morgan fingerprint density at radius 1 is 1.19 bits per heavy atom. The lowest BCUT2D eigenvalue weighted by Gasteiger charge is -2.09. The molecule has 4 nitrogen and oxygen atoms in total. The smallest absolute Gasteiger partial charge is 0.172 e. The largest absolute Gasteiger partial charge is 0.358 e. The summed E-state index contributed by atoms with van der Waals surface area (Å²) in [5.41, 5.74) is 3.32. The van der Waals surface area contributed by atoms with Gasteiger partial charge in [-0.2, -0.15) is 5.10 Å². The quantitative estimate of drug-likeness (QED) is 0.450. The molecule has 0 saturated carbocycles. The molecule has 0 saturated heterocycles. The van der Waals surface area contributed by atoms with Crippen LogP contribution in [-0.4, -0.2) is 14.9 Å². The van der Waals surface area contributed by atoms with Crippen LogP contribution in [0.3, 0.4) is 0 Å². The summed E-state index contributed by atoms with van der Waals surface area (Å²) in [5.74, 6) is 0.640. The number of hydrogen-bond acceptors (Lipinski definition) is 2. The molecule has 2 aromatic carbocycles. The van der Waals surface area contributed by atoms with Crippen molar-refractivity contribution in [2.75, 3.05) is 5.32 Å². The van der Waals surface area contributed by atoms with Crippen molar-refractivity contribution in [1.82, 2.24) is 15.1 Å². The lowest BCUT2D eigenvalue weighted by Crippen LogP contribution is -2.28. The van der Waals surface area contributed by atoms with E-state index in [1.807, 2.05) is 18.3 Å². The van der Waals surface area contributed by atoms with Gasteiger partial charge in [-0.15, -0.1) is 0 Å². The summed E-state index contributed by atoms with van der Waals surface area (Å²) in [4.78, 5) is 0. The molecule has 0 bridgehead atoms. The number of nitrogens with one attached hydrogen (secondary N) is 2. The molecule has 140 valence electrons. The van der Waals surface area contributed by atoms with E-state index >= 15 is 0 Å². The van der Waals surface area contributed by atoms with Crippen molar-refractivity contribution in [1.29, 1.82) is 0 Å². The molecular weight excluding hydrogens is 467 g/mol. The first-order valence-electron chi connectivity index (χ1n) is 8.18. The molecule has 1 heterocycles. The van der Waals surface area contributed by atoms with Gasteiger partial charge in [0, 0.05) is 22.8 Å². The maximum Gasteiger partial charge on any atom is 0.172 e. The predicted molar refractivity (Wildman–Crippen MR) is 120 cm³/mol. The van der Waals surface area contributed by atoms with E-state index in [1.54, 1.807) is 10.7 Å². The number of aryl methyl sites for hydroxylation is 1. The number of anilines is 1. The van der Waals surface area contributed by atoms with Crippen molar-refractivity contribution < 1.29 is 0 Å². The highest BCUT2D eigenvalue weighted by atomic mass is 79.9. The maximum atomic E-state index is 6.24. The molecule has 0 fully saturated rings. The Hall–Kier alpha value is -1.60. The van der Waals surface area contributed by atoms with E-state index in [-0.39, 0.29) is 0 Å². The third-order valence-electron chi connectivity index (χ3n) is 3.87. The monoisotopic (exact) mass is 482 g/mol. The summed E-state index contributed by atoms with van der Waals surface area (Å²) in [6.45, 7) is 3.24. The molecule has 3 aromatic rings. The molecule has 27 heavy (non-hydrogen) atoms. The Balaban J connectivity index is 1.60. The standard InChI is InChI=1S/C19H17BrCl2N4S/c1-12-2-4-13(5-3-12)9-23-19(27)24-18-16(20)11-26(25-18)10-14-6-7-15(21)8-17(14)22/h2-8,11H,9-10H2,1H3,(H2,23,24,25,27). The lowest BCUT2D eigenvalue weighted by atomic mass is 10.1. The molecule has 0 radical (unpaired) electrons. The van der Waals surface area contributed by atoms with Gasteiger partial charge >= 0.3 is 0 Å². The minimum absolute atomic E-state index is 0.506. The van der Waals surface area contributed by atoms with Crippen LogP contribution in [0.4, 0.5) is 5.82 Å². The van der Waals surface area contributed by atoms with E-state index in [9.17, 15) is 0 Å². The van der Waals surface area contributed by atoms with Crippen LogP contribution in [0.2, 0.25) is 10.0 Å². The molecule has 2 N–H and O–H groups in total. The predicted octanol–water partition coefficient (Wildman–Crippen LogP) is 5.80. The van der Waals surface area contributed by atoms with Crippen molar-refractivity contribution in [2.24, 2.45) is 0 Å². The molecule has 0 aliphatic heterocycles. The van der Waals surface area contributed by atoms with Gasteiger partial charge in [-0.25, -0.2) is 0 Å². The van der Waals surface area contributed by atoms with Crippen molar-refractivity contribution in [3.63, 3.8) is 0 Å². The number of rotatable bonds is 5. The summed E-state index contributed by atoms with van der Waals surface area (Å²) in [6, 6.07) is 13.7. The fraction of sp³-hybridized carbons (Fsp3) is 0.158. The summed E-state index contributed by atoms with van der Waals surface area (Å²) in [7, 11) is 0. The Morgan fingerprint density at radius 3 is 2.63 bits per heavy atom. The Labute approximate surface area is 182 Å². The zero-order valence-electron chi connectivity index (χ0n) is 14.5. The Morgan fingerprint density at radius 2 is 1.93 bits per heavy atom. The summed E-state index contributed by atoms with van der Waals surface area (Å²) in [6.07, 6.45) is 1.87. The minimum Gasteiger partial charge on any atom is -0.358 e. The zero-order chi connectivity index (χ0) is 19.4. The summed E-state index contributed by atoms with van der Waals surface area (Å²) < 4.78 is 2.59. The Kier molecular flexibility index (Phi) is 6.76. The van der Waals surface area contributed by atoms with Crippen LogP contribution in [0.1, 0.15) is 16.7 Å². The van der Waals surface area contributed by atoms with Gasteiger partial charge in [0.1, 0.15) is 0 Å². The molecular formula is C19H17BrCl2N4S.